The lowest BCUT2D eigenvalue weighted by Gasteiger charge is -2.18. The van der Waals surface area contributed by atoms with Crippen molar-refractivity contribution in [3.63, 3.8) is 0 Å². The predicted molar refractivity (Wildman–Crippen MR) is 80.7 cm³/mol. The summed E-state index contributed by atoms with van der Waals surface area (Å²) in [6.45, 7) is 2.41. The second-order valence-electron chi connectivity index (χ2n) is 5.46. The molecule has 122 valence electrons. The van der Waals surface area contributed by atoms with E-state index in [9.17, 15) is 19.2 Å². The smallest absolute Gasteiger partial charge is 0.326 e. The molecule has 1 aliphatic heterocycles. The average Bonchev–Trinajstić information content (AvgIpc) is 2.77. The van der Waals surface area contributed by atoms with Gasteiger partial charge in [0.05, 0.1) is 0 Å². The summed E-state index contributed by atoms with van der Waals surface area (Å²) in [5, 5.41) is 2.54. The summed E-state index contributed by atoms with van der Waals surface area (Å²) >= 11 is 0. The highest BCUT2D eigenvalue weighted by Gasteiger charge is 2.47. The van der Waals surface area contributed by atoms with Crippen molar-refractivity contribution in [2.75, 3.05) is 13.2 Å². The maximum Gasteiger partial charge on any atom is 0.326 e. The summed E-state index contributed by atoms with van der Waals surface area (Å²) in [7, 11) is 0. The van der Waals surface area contributed by atoms with Crippen LogP contribution in [0.4, 0.5) is 4.79 Å². The number of esters is 1. The fraction of sp³-hybridized carbons (Fsp3) is 0.375. The molecule has 7 nitrogen and oxygen atoms in total. The normalized spacial score (nSPS) is 20.3. The van der Waals surface area contributed by atoms with Crippen molar-refractivity contribution in [1.29, 1.82) is 0 Å². The quantitative estimate of drug-likeness (QED) is 0.482. The van der Waals surface area contributed by atoms with Gasteiger partial charge in [-0.25, -0.2) is 4.79 Å². The van der Waals surface area contributed by atoms with Crippen molar-refractivity contribution in [3.8, 4) is 0 Å². The molecule has 1 aliphatic rings. The number of carbonyl (C=O) groups excluding carboxylic acids is 4. The Bertz CT molecular complexity index is 643. The Labute approximate surface area is 133 Å². The monoisotopic (exact) mass is 318 g/mol. The molecule has 0 aromatic heterocycles. The third-order valence-electron chi connectivity index (χ3n) is 3.80. The highest BCUT2D eigenvalue weighted by Crippen LogP contribution is 2.20. The van der Waals surface area contributed by atoms with Gasteiger partial charge in [0, 0.05) is 5.56 Å². The van der Waals surface area contributed by atoms with Gasteiger partial charge < -0.3 is 10.1 Å². The van der Waals surface area contributed by atoms with Crippen molar-refractivity contribution >= 4 is 23.7 Å². The number of Topliss-reactive ketones (excluding diaryl/α,β-unsaturated/α-hetero) is 1. The Hall–Kier alpha value is -2.70. The topological polar surface area (TPSA) is 92.8 Å². The number of nitrogens with one attached hydrogen (secondary N) is 1. The van der Waals surface area contributed by atoms with E-state index < -0.39 is 36.6 Å². The lowest BCUT2D eigenvalue weighted by atomic mass is 9.99. The van der Waals surface area contributed by atoms with Crippen LogP contribution >= 0.6 is 0 Å². The van der Waals surface area contributed by atoms with Gasteiger partial charge in [-0.05, 0) is 13.3 Å². The molecule has 0 bridgehead atoms. The molecule has 0 saturated carbocycles. The van der Waals surface area contributed by atoms with E-state index in [0.717, 1.165) is 4.90 Å². The van der Waals surface area contributed by atoms with Crippen LogP contribution in [-0.4, -0.2) is 47.3 Å². The van der Waals surface area contributed by atoms with E-state index in [4.69, 9.17) is 4.74 Å². The summed E-state index contributed by atoms with van der Waals surface area (Å²) in [6, 6.07) is 7.76. The third kappa shape index (κ3) is 3.56. The molecule has 0 radical (unpaired) electrons. The number of urea groups is 1. The van der Waals surface area contributed by atoms with Gasteiger partial charge in [0.1, 0.15) is 12.1 Å². The zero-order chi connectivity index (χ0) is 17.0. The highest BCUT2D eigenvalue weighted by atomic mass is 16.5. The van der Waals surface area contributed by atoms with E-state index in [2.05, 4.69) is 5.32 Å². The maximum absolute atomic E-state index is 12.1. The van der Waals surface area contributed by atoms with Crippen LogP contribution in [0, 0.1) is 0 Å². The minimum atomic E-state index is -1.00. The summed E-state index contributed by atoms with van der Waals surface area (Å²) in [5.41, 5.74) is -0.578. The van der Waals surface area contributed by atoms with E-state index >= 15 is 0 Å². The van der Waals surface area contributed by atoms with Gasteiger partial charge in [-0.15, -0.1) is 0 Å². The number of imide groups is 1. The van der Waals surface area contributed by atoms with Crippen molar-refractivity contribution in [1.82, 2.24) is 10.2 Å². The van der Waals surface area contributed by atoms with Gasteiger partial charge in [-0.2, -0.15) is 0 Å². The van der Waals surface area contributed by atoms with Gasteiger partial charge in [0.2, 0.25) is 0 Å². The van der Waals surface area contributed by atoms with E-state index in [0.29, 0.717) is 12.0 Å². The van der Waals surface area contributed by atoms with E-state index in [1.807, 2.05) is 0 Å². The van der Waals surface area contributed by atoms with Crippen LogP contribution in [0.3, 0.4) is 0 Å². The number of benzene rings is 1. The largest absolute Gasteiger partial charge is 0.456 e. The molecule has 1 heterocycles. The van der Waals surface area contributed by atoms with Crippen molar-refractivity contribution in [2.24, 2.45) is 0 Å². The average molecular weight is 318 g/mol. The van der Waals surface area contributed by atoms with Crippen LogP contribution in [-0.2, 0) is 14.3 Å². The van der Waals surface area contributed by atoms with Crippen LogP contribution in [0.1, 0.15) is 30.6 Å². The molecule has 0 aliphatic carbocycles. The minimum absolute atomic E-state index is 0.352. The van der Waals surface area contributed by atoms with Gasteiger partial charge >= 0.3 is 12.0 Å². The van der Waals surface area contributed by atoms with E-state index in [1.54, 1.807) is 44.2 Å². The molecule has 7 heteroatoms. The van der Waals surface area contributed by atoms with Crippen molar-refractivity contribution in [2.45, 2.75) is 25.8 Å². The van der Waals surface area contributed by atoms with Crippen LogP contribution < -0.4 is 5.32 Å². The first-order valence-electron chi connectivity index (χ1n) is 7.25. The predicted octanol–water partition coefficient (Wildman–Crippen LogP) is 1.13. The number of rotatable bonds is 6. The number of hydrogen-bond acceptors (Lipinski definition) is 5. The van der Waals surface area contributed by atoms with Gasteiger partial charge in [0.15, 0.2) is 12.4 Å². The van der Waals surface area contributed by atoms with Crippen LogP contribution in [0.5, 0.6) is 0 Å². The summed E-state index contributed by atoms with van der Waals surface area (Å²) < 4.78 is 4.86. The van der Waals surface area contributed by atoms with Crippen molar-refractivity contribution < 1.29 is 23.9 Å². The molecule has 2 rings (SSSR count). The summed E-state index contributed by atoms with van der Waals surface area (Å²) in [6.07, 6.45) is 0.412. The lowest BCUT2D eigenvalue weighted by Crippen LogP contribution is -2.43. The molecule has 1 aromatic rings. The summed E-state index contributed by atoms with van der Waals surface area (Å²) in [4.78, 5) is 48.3. The number of ether oxygens (including phenoxy) is 1. The Morgan fingerprint density at radius 2 is 1.87 bits per heavy atom. The van der Waals surface area contributed by atoms with Crippen molar-refractivity contribution in [3.05, 3.63) is 35.9 Å². The second kappa shape index (κ2) is 6.60. The second-order valence-corrected chi connectivity index (χ2v) is 5.46. The van der Waals surface area contributed by atoms with Gasteiger partial charge in [0.25, 0.3) is 5.91 Å². The molecule has 1 aromatic carbocycles. The van der Waals surface area contributed by atoms with E-state index in [1.165, 1.54) is 0 Å². The molecule has 0 unspecified atom stereocenters. The lowest BCUT2D eigenvalue weighted by molar-refractivity contribution is -0.146. The Morgan fingerprint density at radius 3 is 2.43 bits per heavy atom. The Kier molecular flexibility index (Phi) is 4.78. The Morgan fingerprint density at radius 1 is 1.22 bits per heavy atom. The first-order chi connectivity index (χ1) is 10.9. The standard InChI is InChI=1S/C16H18N2O5/c1-3-16(2)14(21)18(15(22)17-16)9-13(20)23-10-12(19)11-7-5-4-6-8-11/h4-8H,3,9-10H2,1-2H3,(H,17,22)/t16-/m0/s1. The summed E-state index contributed by atoms with van der Waals surface area (Å²) in [5.74, 6) is -1.64. The fourth-order valence-electron chi connectivity index (χ4n) is 2.16. The molecule has 23 heavy (non-hydrogen) atoms. The molecule has 3 amide bonds. The first kappa shape index (κ1) is 16.7. The first-order valence-corrected chi connectivity index (χ1v) is 7.25. The molecule has 0 spiro atoms. The molecule has 1 fully saturated rings. The maximum atomic E-state index is 12.1. The number of hydrogen-bond donors (Lipinski definition) is 1. The van der Waals surface area contributed by atoms with Crippen LogP contribution in [0.25, 0.3) is 0 Å². The molecule has 1 saturated heterocycles. The highest BCUT2D eigenvalue weighted by molar-refractivity contribution is 6.08. The number of amides is 3. The number of ketones is 1. The molecular formula is C16H18N2O5. The molecule has 1 atom stereocenters. The zero-order valence-electron chi connectivity index (χ0n) is 13.0. The van der Waals surface area contributed by atoms with Crippen LogP contribution in [0.2, 0.25) is 0 Å². The number of carbonyl (C=O) groups is 4. The van der Waals surface area contributed by atoms with Gasteiger partial charge in [-0.3, -0.25) is 19.3 Å². The molecule has 1 N–H and O–H groups in total. The molecular weight excluding hydrogens is 300 g/mol. The third-order valence-corrected chi connectivity index (χ3v) is 3.80. The minimum Gasteiger partial charge on any atom is -0.456 e. The van der Waals surface area contributed by atoms with Crippen LogP contribution in [0.15, 0.2) is 30.3 Å². The number of nitrogens with zero attached hydrogens (tertiary/aromatic N) is 1. The van der Waals surface area contributed by atoms with Gasteiger partial charge in [-0.1, -0.05) is 37.3 Å². The van der Waals surface area contributed by atoms with E-state index in [-0.39, 0.29) is 5.78 Å². The Balaban J connectivity index is 1.89. The SMILES string of the molecule is CC[C@]1(C)NC(=O)N(CC(=O)OCC(=O)c2ccccc2)C1=O. The zero-order valence-corrected chi connectivity index (χ0v) is 13.0. The fourth-order valence-corrected chi connectivity index (χ4v) is 2.16.